The van der Waals surface area contributed by atoms with Gasteiger partial charge in [-0.1, -0.05) is 0 Å². The molecule has 0 aromatic rings. The van der Waals surface area contributed by atoms with E-state index in [1.165, 1.54) is 0 Å². The molecule has 44 heavy (non-hydrogen) atoms. The number of hydrogen-bond donors (Lipinski definition) is 8. The lowest BCUT2D eigenvalue weighted by molar-refractivity contribution is -0.421. The van der Waals surface area contributed by atoms with Crippen LogP contribution >= 0.6 is 0 Å². The van der Waals surface area contributed by atoms with E-state index in [4.69, 9.17) is 23.8 Å². The third-order valence-corrected chi connectivity index (χ3v) is 7.71. The Hall–Kier alpha value is -2.75. The first-order valence-corrected chi connectivity index (χ1v) is 11.9. The molecule has 0 saturated carbocycles. The largest absolute Gasteiger partial charge is 0.387 e. The van der Waals surface area contributed by atoms with Crippen molar-refractivity contribution in [3.8, 4) is 0 Å². The third-order valence-electron chi connectivity index (χ3n) is 7.71. The monoisotopic (exact) mass is 643 g/mol. The van der Waals surface area contributed by atoms with E-state index in [0.29, 0.717) is 0 Å². The highest BCUT2D eigenvalue weighted by molar-refractivity contribution is 6.06. The second-order valence-electron chi connectivity index (χ2n) is 10.1. The molecular weight excluding hydrogens is 600 g/mol. The highest BCUT2D eigenvalue weighted by Crippen LogP contribution is 2.52. The number of carbonyl (C=O) groups excluding carboxylic acids is 7. The summed E-state index contributed by atoms with van der Waals surface area (Å²) in [6, 6.07) is 0. The number of rotatable bonds is 11. The summed E-state index contributed by atoms with van der Waals surface area (Å²) in [6.07, 6.45) is -22.4. The van der Waals surface area contributed by atoms with E-state index >= 15 is 0 Å². The summed E-state index contributed by atoms with van der Waals surface area (Å²) in [7, 11) is 0. The minimum absolute atomic E-state index is 1.34. The number of aliphatic hydroxyl groups is 8. The van der Waals surface area contributed by atoms with Gasteiger partial charge in [0, 0.05) is 9.60 Å². The lowest BCUT2D eigenvalue weighted by Gasteiger charge is -2.61. The number of Topliss-reactive ketones (excluding diaryl/α,β-unsaturated/α-hetero) is 7. The molecule has 18 heteroatoms. The average molecular weight is 644 g/mol. The quantitative estimate of drug-likeness (QED) is 0.104. The first-order chi connectivity index (χ1) is 23.6. The maximum atomic E-state index is 14.0. The Kier molecular flexibility index (Phi) is 7.44. The molecule has 3 unspecified atom stereocenters. The van der Waals surface area contributed by atoms with Gasteiger partial charge in [0.1, 0.15) is 30.5 Å². The Bertz CT molecular complexity index is 1420. The molecule has 2 heterocycles. The van der Waals surface area contributed by atoms with Crippen LogP contribution < -0.4 is 0 Å². The van der Waals surface area contributed by atoms with Gasteiger partial charge in [0.25, 0.3) is 0 Å². The fourth-order valence-electron chi connectivity index (χ4n) is 5.20. The van der Waals surface area contributed by atoms with Crippen LogP contribution in [0.3, 0.4) is 0 Å². The second-order valence-corrected chi connectivity index (χ2v) is 10.1. The van der Waals surface area contributed by atoms with Gasteiger partial charge in [-0.25, -0.2) is 0 Å². The lowest BCUT2D eigenvalue weighted by Crippen LogP contribution is -2.89. The molecule has 12 atom stereocenters. The Morgan fingerprint density at radius 1 is 0.659 bits per heavy atom. The predicted octanol–water partition coefficient (Wildman–Crippen LogP) is -5.69. The van der Waals surface area contributed by atoms with Crippen molar-refractivity contribution in [2.24, 2.45) is 0 Å². The predicted molar refractivity (Wildman–Crippen MR) is 136 cm³/mol. The number of aliphatic hydroxyl groups excluding tert-OH is 4. The Balaban J connectivity index is 3.35. The van der Waals surface area contributed by atoms with Crippen LogP contribution in [0.5, 0.6) is 0 Å². The van der Waals surface area contributed by atoms with Crippen LogP contribution in [0.1, 0.15) is 57.9 Å². The molecule has 2 fully saturated rings. The van der Waals surface area contributed by atoms with Crippen LogP contribution in [0.2, 0.25) is 0 Å². The summed E-state index contributed by atoms with van der Waals surface area (Å²) in [5.74, 6) is -14.3. The molecule has 248 valence electrons. The van der Waals surface area contributed by atoms with E-state index in [9.17, 15) is 74.4 Å². The Labute approximate surface area is 259 Å². The van der Waals surface area contributed by atoms with Gasteiger partial charge in [-0.05, 0) is 48.3 Å². The molecule has 0 aromatic carbocycles. The van der Waals surface area contributed by atoms with Crippen molar-refractivity contribution in [2.75, 3.05) is 0 Å². The molecule has 0 amide bonds. The van der Waals surface area contributed by atoms with Gasteiger partial charge in [0.2, 0.25) is 16.8 Å². The van der Waals surface area contributed by atoms with Gasteiger partial charge in [0.05, 0.1) is 0 Å². The van der Waals surface area contributed by atoms with Crippen LogP contribution in [0.25, 0.3) is 0 Å². The third kappa shape index (κ3) is 4.64. The lowest BCUT2D eigenvalue weighted by atomic mass is 9.59. The summed E-state index contributed by atoms with van der Waals surface area (Å²) in [5.41, 5.74) is -22.3. The fraction of sp³-hybridized carbons (Fsp3) is 0.731. The number of ether oxygens (including phenoxy) is 3. The smallest absolute Gasteiger partial charge is 0.213 e. The molecule has 0 bridgehead atoms. The van der Waals surface area contributed by atoms with Crippen LogP contribution in [0, 0.1) is 0 Å². The first-order valence-electron chi connectivity index (χ1n) is 16.9. The standard InChI is InChI=1S/C26H36O18/c1-8(27)15(34)17-18(36)22(38,10(3)29)24(40,12(5)31)21(42-17)44-25(13(6)32)19(16(35)9(2)28)43-20(37)23(39,11(4)30)26(25,41)14(7)33/h15-21,34-41H,1-7H3/t15?,16?,17-,18+,19-,20?,21+,22+,23+,24+,25-,26-/m1/s1/i1D,2D,3D,4D,5D,6D,7D. The fourth-order valence-corrected chi connectivity index (χ4v) is 5.20. The van der Waals surface area contributed by atoms with Crippen molar-refractivity contribution in [2.45, 2.75) is 119 Å². The van der Waals surface area contributed by atoms with Crippen molar-refractivity contribution in [1.29, 1.82) is 0 Å². The Morgan fingerprint density at radius 3 is 1.64 bits per heavy atom. The zero-order valence-corrected chi connectivity index (χ0v) is 22.7. The van der Waals surface area contributed by atoms with Gasteiger partial charge < -0.3 is 55.1 Å². The summed E-state index contributed by atoms with van der Waals surface area (Å²) >= 11 is 0. The van der Waals surface area contributed by atoms with E-state index in [1.807, 2.05) is 0 Å². The SMILES string of the molecule is [2H]CC(=O)C(O)[C@H]1O[C@@H](O[C@]2(C(=O)C[2H])[C@@H](C(O)C(=O)C[2H])OC(O)[C@@](O)(C(=O)C[2H])[C@]2(O)C(=O)C[2H])[C@@](O)(C(=O)C[2H])[C@](O)(C(=O)C[2H])[C@H]1O. The van der Waals surface area contributed by atoms with E-state index in [-0.39, 0.29) is 0 Å². The summed E-state index contributed by atoms with van der Waals surface area (Å²) in [6.45, 7) is -11.7. The second kappa shape index (κ2) is 11.9. The first kappa shape index (κ1) is 27.6. The maximum absolute atomic E-state index is 14.0. The van der Waals surface area contributed by atoms with Crippen molar-refractivity contribution in [1.82, 2.24) is 0 Å². The van der Waals surface area contributed by atoms with Crippen molar-refractivity contribution in [3.05, 3.63) is 0 Å². The molecule has 18 nitrogen and oxygen atoms in total. The van der Waals surface area contributed by atoms with Crippen LogP contribution in [-0.4, -0.2) is 152 Å². The van der Waals surface area contributed by atoms with E-state index in [0.717, 1.165) is 0 Å². The number of ketones is 7. The van der Waals surface area contributed by atoms with Crippen LogP contribution in [0.4, 0.5) is 0 Å². The zero-order chi connectivity index (χ0) is 39.7. The summed E-state index contributed by atoms with van der Waals surface area (Å²) in [4.78, 5) is 92.1. The molecule has 0 aromatic heterocycles. The van der Waals surface area contributed by atoms with Crippen molar-refractivity contribution in [3.63, 3.8) is 0 Å². The minimum atomic E-state index is -4.71. The maximum Gasteiger partial charge on any atom is 0.213 e. The molecule has 0 aliphatic carbocycles. The molecule has 2 saturated heterocycles. The molecular formula is C26H36O18. The molecule has 2 rings (SSSR count). The number of hydrogen-bond acceptors (Lipinski definition) is 18. The topological polar surface area (TPSA) is 309 Å². The van der Waals surface area contributed by atoms with Crippen molar-refractivity contribution >= 4 is 40.5 Å². The van der Waals surface area contributed by atoms with Crippen molar-refractivity contribution < 1.29 is 98.2 Å². The normalized spacial score (nSPS) is 44.2. The number of carbonyl (C=O) groups is 7. The van der Waals surface area contributed by atoms with E-state index in [2.05, 4.69) is 0 Å². The molecule has 0 radical (unpaired) electrons. The molecule has 8 N–H and O–H groups in total. The van der Waals surface area contributed by atoms with Gasteiger partial charge >= 0.3 is 0 Å². The van der Waals surface area contributed by atoms with Gasteiger partial charge in [-0.3, -0.25) is 33.6 Å². The van der Waals surface area contributed by atoms with Gasteiger partial charge in [0.15, 0.2) is 64.3 Å². The van der Waals surface area contributed by atoms with E-state index in [1.54, 1.807) is 0 Å². The summed E-state index contributed by atoms with van der Waals surface area (Å²) in [5, 5.41) is 90.7. The minimum Gasteiger partial charge on any atom is -0.387 e. The zero-order valence-electron chi connectivity index (χ0n) is 29.7. The highest BCUT2D eigenvalue weighted by atomic mass is 16.7. The van der Waals surface area contributed by atoms with Gasteiger partial charge in [-0.15, -0.1) is 0 Å². The molecule has 0 spiro atoms. The summed E-state index contributed by atoms with van der Waals surface area (Å²) < 4.78 is 68.1. The highest BCUT2D eigenvalue weighted by Gasteiger charge is 2.82. The Morgan fingerprint density at radius 2 is 1.14 bits per heavy atom. The van der Waals surface area contributed by atoms with Crippen LogP contribution in [-0.2, 0) is 47.8 Å². The van der Waals surface area contributed by atoms with E-state index < -0.39 is 160 Å². The molecule has 2 aliphatic heterocycles. The van der Waals surface area contributed by atoms with Gasteiger partial charge in [-0.2, -0.15) is 0 Å². The average Bonchev–Trinajstić information content (AvgIpc) is 3.14. The molecule has 2 aliphatic rings. The van der Waals surface area contributed by atoms with Crippen LogP contribution in [0.15, 0.2) is 0 Å².